The van der Waals surface area contributed by atoms with Crippen LogP contribution in [0.15, 0.2) is 24.3 Å². The third-order valence-corrected chi connectivity index (χ3v) is 5.18. The van der Waals surface area contributed by atoms with E-state index in [2.05, 4.69) is 20.8 Å². The largest absolute Gasteiger partial charge is 0.492 e. The Morgan fingerprint density at radius 1 is 1.15 bits per heavy atom. The van der Waals surface area contributed by atoms with E-state index in [1.807, 2.05) is 32.9 Å². The molecule has 0 bridgehead atoms. The maximum Gasteiger partial charge on any atom is 0.236 e. The van der Waals surface area contributed by atoms with Crippen LogP contribution in [0.5, 0.6) is 5.75 Å². The fourth-order valence-electron chi connectivity index (χ4n) is 1.95. The van der Waals surface area contributed by atoms with Gasteiger partial charge in [-0.3, -0.25) is 14.9 Å². The highest BCUT2D eigenvalue weighted by atomic mass is 32.2. The van der Waals surface area contributed by atoms with Crippen LogP contribution in [0.2, 0.25) is 0 Å². The lowest BCUT2D eigenvalue weighted by atomic mass is 10.2. The van der Waals surface area contributed by atoms with E-state index in [0.717, 1.165) is 5.01 Å². The van der Waals surface area contributed by atoms with Gasteiger partial charge in [0.2, 0.25) is 16.9 Å². The third-order valence-electron chi connectivity index (χ3n) is 3.11. The third kappa shape index (κ3) is 6.30. The van der Waals surface area contributed by atoms with Crippen molar-refractivity contribution in [3.05, 3.63) is 29.3 Å². The van der Waals surface area contributed by atoms with Gasteiger partial charge in [-0.1, -0.05) is 37.3 Å². The summed E-state index contributed by atoms with van der Waals surface area (Å²) >= 11 is 2.59. The summed E-state index contributed by atoms with van der Waals surface area (Å²) in [4.78, 5) is 24.0. The van der Waals surface area contributed by atoms with Crippen LogP contribution < -0.4 is 15.4 Å². The van der Waals surface area contributed by atoms with Gasteiger partial charge in [0.1, 0.15) is 10.8 Å². The number of nitrogens with zero attached hydrogens (tertiary/aromatic N) is 2. The molecular weight excluding hydrogens is 372 g/mol. The quantitative estimate of drug-likeness (QED) is 0.677. The number of hydrogen-bond donors (Lipinski definition) is 2. The van der Waals surface area contributed by atoms with Crippen LogP contribution in [0.4, 0.5) is 10.8 Å². The second-order valence-corrected chi connectivity index (χ2v) is 7.61. The zero-order valence-electron chi connectivity index (χ0n) is 14.9. The van der Waals surface area contributed by atoms with Gasteiger partial charge in [-0.15, -0.1) is 22.0 Å². The number of anilines is 2. The molecule has 1 heterocycles. The Morgan fingerprint density at radius 2 is 1.85 bits per heavy atom. The van der Waals surface area contributed by atoms with Crippen molar-refractivity contribution in [3.63, 3.8) is 0 Å². The molecule has 0 aliphatic heterocycles. The molecule has 7 nitrogen and oxygen atoms in total. The molecular formula is C17H22N4O3S2. The molecule has 0 unspecified atom stereocenters. The number of ether oxygens (including phenoxy) is 1. The summed E-state index contributed by atoms with van der Waals surface area (Å²) in [6, 6.07) is 7.25. The van der Waals surface area contributed by atoms with Crippen LogP contribution in [-0.2, 0) is 9.59 Å². The van der Waals surface area contributed by atoms with Crippen molar-refractivity contribution < 1.29 is 14.3 Å². The van der Waals surface area contributed by atoms with Gasteiger partial charge < -0.3 is 10.1 Å². The van der Waals surface area contributed by atoms with Crippen molar-refractivity contribution in [2.75, 3.05) is 28.7 Å². The molecule has 140 valence electrons. The minimum absolute atomic E-state index is 0.164. The first kappa shape index (κ1) is 20.2. The van der Waals surface area contributed by atoms with Crippen molar-refractivity contribution in [2.45, 2.75) is 26.7 Å². The van der Waals surface area contributed by atoms with Crippen molar-refractivity contribution in [1.29, 1.82) is 0 Å². The monoisotopic (exact) mass is 394 g/mol. The Bertz CT molecular complexity index is 749. The van der Waals surface area contributed by atoms with Crippen LogP contribution in [0, 0.1) is 0 Å². The van der Waals surface area contributed by atoms with Crippen LogP contribution >= 0.6 is 23.1 Å². The lowest BCUT2D eigenvalue weighted by Crippen LogP contribution is -2.18. The molecule has 0 aliphatic rings. The second kappa shape index (κ2) is 10.1. The molecule has 1 aromatic heterocycles. The molecule has 0 atom stereocenters. The summed E-state index contributed by atoms with van der Waals surface area (Å²) in [6.45, 7) is 6.44. The van der Waals surface area contributed by atoms with Gasteiger partial charge >= 0.3 is 0 Å². The normalized spacial score (nSPS) is 10.6. The fraction of sp³-hybridized carbons (Fsp3) is 0.412. The summed E-state index contributed by atoms with van der Waals surface area (Å²) in [7, 11) is 0. The highest BCUT2D eigenvalue weighted by Crippen LogP contribution is 2.24. The molecule has 2 aromatic rings. The van der Waals surface area contributed by atoms with Gasteiger partial charge in [0.05, 0.1) is 23.8 Å². The Labute approximate surface area is 160 Å². The molecule has 0 saturated heterocycles. The van der Waals surface area contributed by atoms with E-state index in [0.29, 0.717) is 23.2 Å². The highest BCUT2D eigenvalue weighted by Gasteiger charge is 2.12. The van der Waals surface area contributed by atoms with Crippen molar-refractivity contribution >= 4 is 45.7 Å². The molecule has 0 saturated carbocycles. The van der Waals surface area contributed by atoms with Crippen molar-refractivity contribution in [2.24, 2.45) is 0 Å². The summed E-state index contributed by atoms with van der Waals surface area (Å²) in [5.74, 6) is 0.842. The average Bonchev–Trinajstić information content (AvgIpc) is 3.05. The molecule has 2 rings (SSSR count). The van der Waals surface area contributed by atoms with Gasteiger partial charge in [-0.05, 0) is 19.1 Å². The summed E-state index contributed by atoms with van der Waals surface area (Å²) < 4.78 is 5.47. The molecule has 2 N–H and O–H groups in total. The second-order valence-electron chi connectivity index (χ2n) is 5.62. The Morgan fingerprint density at radius 3 is 2.50 bits per heavy atom. The minimum Gasteiger partial charge on any atom is -0.492 e. The minimum atomic E-state index is -0.205. The molecule has 26 heavy (non-hydrogen) atoms. The standard InChI is InChI=1S/C17H22N4O3S2/c1-4-24-13-8-6-5-7-12(13)18-14(22)9-25-10-15(23)19-17-21-20-16(26-17)11(2)3/h5-8,11H,4,9-10H2,1-3H3,(H,18,22)(H,19,21,23). The van der Waals surface area contributed by atoms with Crippen LogP contribution in [0.25, 0.3) is 0 Å². The topological polar surface area (TPSA) is 93.2 Å². The Kier molecular flexibility index (Phi) is 7.86. The predicted molar refractivity (Wildman–Crippen MR) is 106 cm³/mol. The van der Waals surface area contributed by atoms with Gasteiger partial charge in [-0.2, -0.15) is 0 Å². The van der Waals surface area contributed by atoms with Gasteiger partial charge in [0.25, 0.3) is 0 Å². The van der Waals surface area contributed by atoms with E-state index in [1.165, 1.54) is 23.1 Å². The van der Waals surface area contributed by atoms with Crippen LogP contribution in [-0.4, -0.2) is 40.1 Å². The Balaban J connectivity index is 1.74. The number of carbonyl (C=O) groups is 2. The average molecular weight is 395 g/mol. The number of thioether (sulfide) groups is 1. The SMILES string of the molecule is CCOc1ccccc1NC(=O)CSCC(=O)Nc1nnc(C(C)C)s1. The molecule has 0 radical (unpaired) electrons. The Hall–Kier alpha value is -2.13. The number of nitrogens with one attached hydrogen (secondary N) is 2. The van der Waals surface area contributed by atoms with Crippen molar-refractivity contribution in [1.82, 2.24) is 10.2 Å². The fourth-order valence-corrected chi connectivity index (χ4v) is 3.33. The van der Waals surface area contributed by atoms with Crippen molar-refractivity contribution in [3.8, 4) is 5.75 Å². The van der Waals surface area contributed by atoms with E-state index < -0.39 is 0 Å². The summed E-state index contributed by atoms with van der Waals surface area (Å²) in [5, 5.41) is 14.8. The number of amides is 2. The molecule has 0 spiro atoms. The first-order valence-electron chi connectivity index (χ1n) is 8.22. The number of aromatic nitrogens is 2. The number of benzene rings is 1. The molecule has 1 aromatic carbocycles. The first-order valence-corrected chi connectivity index (χ1v) is 10.2. The lowest BCUT2D eigenvalue weighted by molar-refractivity contribution is -0.114. The molecule has 0 fully saturated rings. The zero-order chi connectivity index (χ0) is 18.9. The van der Waals surface area contributed by atoms with E-state index in [1.54, 1.807) is 12.1 Å². The number of para-hydroxylation sites is 2. The smallest absolute Gasteiger partial charge is 0.236 e. The number of carbonyl (C=O) groups excluding carboxylic acids is 2. The van der Waals surface area contributed by atoms with E-state index >= 15 is 0 Å². The highest BCUT2D eigenvalue weighted by molar-refractivity contribution is 8.00. The number of hydrogen-bond acceptors (Lipinski definition) is 7. The van der Waals surface area contributed by atoms with Gasteiger partial charge in [0.15, 0.2) is 0 Å². The lowest BCUT2D eigenvalue weighted by Gasteiger charge is -2.11. The summed E-state index contributed by atoms with van der Waals surface area (Å²) in [6.07, 6.45) is 0. The van der Waals surface area contributed by atoms with E-state index in [-0.39, 0.29) is 29.2 Å². The molecule has 2 amide bonds. The summed E-state index contributed by atoms with van der Waals surface area (Å²) in [5.41, 5.74) is 0.625. The van der Waals surface area contributed by atoms with Gasteiger partial charge in [0, 0.05) is 5.92 Å². The molecule has 0 aliphatic carbocycles. The van der Waals surface area contributed by atoms with E-state index in [4.69, 9.17) is 4.74 Å². The molecule has 9 heteroatoms. The maximum absolute atomic E-state index is 12.0. The maximum atomic E-state index is 12.0. The number of rotatable bonds is 9. The van der Waals surface area contributed by atoms with Crippen LogP contribution in [0.3, 0.4) is 0 Å². The zero-order valence-corrected chi connectivity index (χ0v) is 16.6. The van der Waals surface area contributed by atoms with Crippen LogP contribution in [0.1, 0.15) is 31.7 Å². The predicted octanol–water partition coefficient (Wildman–Crippen LogP) is 3.37. The first-order chi connectivity index (χ1) is 12.5. The van der Waals surface area contributed by atoms with E-state index in [9.17, 15) is 9.59 Å². The van der Waals surface area contributed by atoms with Gasteiger partial charge in [-0.25, -0.2) is 0 Å².